The van der Waals surface area contributed by atoms with Gasteiger partial charge in [-0.25, -0.2) is 4.79 Å². The molecule has 0 atom stereocenters. The fourth-order valence-electron chi connectivity index (χ4n) is 1.68. The molecule has 1 aromatic carbocycles. The largest absolute Gasteiger partial charge is 0.481 e. The summed E-state index contributed by atoms with van der Waals surface area (Å²) in [4.78, 5) is 22.1. The van der Waals surface area contributed by atoms with Crippen molar-refractivity contribution in [3.63, 3.8) is 0 Å². The number of aliphatic carboxylic acids is 1. The highest BCUT2D eigenvalue weighted by Gasteiger charge is 2.04. The van der Waals surface area contributed by atoms with Crippen LogP contribution in [0.25, 0.3) is 0 Å². The molecule has 2 aromatic rings. The monoisotopic (exact) mass is 289 g/mol. The van der Waals surface area contributed by atoms with Crippen molar-refractivity contribution in [3.05, 3.63) is 47.9 Å². The second-order valence-electron chi connectivity index (χ2n) is 4.39. The first-order valence-corrected chi connectivity index (χ1v) is 6.38. The zero-order valence-corrected chi connectivity index (χ0v) is 11.2. The molecule has 0 saturated carbocycles. The molecule has 21 heavy (non-hydrogen) atoms. The fraction of sp³-hybridized carbons (Fsp3) is 0.214. The topological polar surface area (TPSA) is 104 Å². The van der Waals surface area contributed by atoms with Gasteiger partial charge in [0.1, 0.15) is 12.0 Å². The summed E-state index contributed by atoms with van der Waals surface area (Å²) in [5, 5.41) is 17.6. The van der Waals surface area contributed by atoms with Gasteiger partial charge in [-0.2, -0.15) is 0 Å². The molecule has 0 aliphatic rings. The highest BCUT2D eigenvalue weighted by molar-refractivity contribution is 5.89. The summed E-state index contributed by atoms with van der Waals surface area (Å²) in [5.74, 6) is -0.829. The molecule has 0 unspecified atom stereocenters. The second-order valence-corrected chi connectivity index (χ2v) is 4.39. The van der Waals surface area contributed by atoms with E-state index < -0.39 is 5.97 Å². The number of carbonyl (C=O) groups is 2. The smallest absolute Gasteiger partial charge is 0.319 e. The van der Waals surface area contributed by atoms with Crippen LogP contribution in [-0.2, 0) is 17.8 Å². The van der Waals surface area contributed by atoms with Crippen molar-refractivity contribution in [1.29, 1.82) is 0 Å². The predicted molar refractivity (Wildman–Crippen MR) is 74.8 cm³/mol. The van der Waals surface area contributed by atoms with E-state index in [1.54, 1.807) is 30.3 Å². The molecule has 7 nitrogen and oxygen atoms in total. The third-order valence-electron chi connectivity index (χ3n) is 2.76. The molecular formula is C14H15N3O4. The van der Waals surface area contributed by atoms with Crippen molar-refractivity contribution < 1.29 is 19.2 Å². The Morgan fingerprint density at radius 3 is 2.57 bits per heavy atom. The van der Waals surface area contributed by atoms with Crippen LogP contribution in [0.1, 0.15) is 17.7 Å². The molecular weight excluding hydrogens is 274 g/mol. The maximum Gasteiger partial charge on any atom is 0.319 e. The van der Waals surface area contributed by atoms with Crippen LogP contribution in [0.4, 0.5) is 10.5 Å². The van der Waals surface area contributed by atoms with E-state index in [-0.39, 0.29) is 19.0 Å². The van der Waals surface area contributed by atoms with Crippen LogP contribution in [0.2, 0.25) is 0 Å². The normalized spacial score (nSPS) is 10.1. The molecule has 2 amide bonds. The molecule has 2 rings (SSSR count). The number of anilines is 1. The number of nitrogens with zero attached hydrogens (tertiary/aromatic N) is 1. The fourth-order valence-corrected chi connectivity index (χ4v) is 1.68. The molecule has 3 N–H and O–H groups in total. The number of amides is 2. The van der Waals surface area contributed by atoms with Gasteiger partial charge in [0.05, 0.1) is 6.54 Å². The van der Waals surface area contributed by atoms with E-state index in [1.807, 2.05) is 0 Å². The van der Waals surface area contributed by atoms with Crippen molar-refractivity contribution in [2.75, 3.05) is 5.32 Å². The van der Waals surface area contributed by atoms with E-state index in [2.05, 4.69) is 20.3 Å². The minimum Gasteiger partial charge on any atom is -0.481 e. The average Bonchev–Trinajstić information content (AvgIpc) is 2.98. The van der Waals surface area contributed by atoms with Crippen molar-refractivity contribution >= 4 is 17.7 Å². The first-order chi connectivity index (χ1) is 10.1. The summed E-state index contributed by atoms with van der Waals surface area (Å²) in [6.07, 6.45) is 1.99. The first kappa shape index (κ1) is 14.6. The number of aromatic nitrogens is 1. The predicted octanol–water partition coefficient (Wildman–Crippen LogP) is 2.01. The zero-order valence-electron chi connectivity index (χ0n) is 11.2. The molecule has 0 fully saturated rings. The van der Waals surface area contributed by atoms with Crippen LogP contribution in [0.15, 0.2) is 41.1 Å². The summed E-state index contributed by atoms with van der Waals surface area (Å²) >= 11 is 0. The van der Waals surface area contributed by atoms with E-state index in [4.69, 9.17) is 5.11 Å². The number of hydrogen-bond donors (Lipinski definition) is 3. The molecule has 0 saturated heterocycles. The van der Waals surface area contributed by atoms with Crippen molar-refractivity contribution in [3.8, 4) is 0 Å². The Morgan fingerprint density at radius 2 is 1.95 bits per heavy atom. The Morgan fingerprint density at radius 1 is 1.19 bits per heavy atom. The minimum atomic E-state index is -0.829. The van der Waals surface area contributed by atoms with Gasteiger partial charge in [0.15, 0.2) is 0 Å². The van der Waals surface area contributed by atoms with E-state index in [0.29, 0.717) is 17.8 Å². The number of nitrogens with one attached hydrogen (secondary N) is 2. The van der Waals surface area contributed by atoms with Gasteiger partial charge in [-0.05, 0) is 24.1 Å². The third kappa shape index (κ3) is 4.98. The summed E-state index contributed by atoms with van der Waals surface area (Å²) in [7, 11) is 0. The lowest BCUT2D eigenvalue weighted by Crippen LogP contribution is -2.28. The van der Waals surface area contributed by atoms with Gasteiger partial charge < -0.3 is 20.3 Å². The van der Waals surface area contributed by atoms with Crippen LogP contribution in [0.3, 0.4) is 0 Å². The lowest BCUT2D eigenvalue weighted by atomic mass is 10.1. The van der Waals surface area contributed by atoms with Gasteiger partial charge in [-0.15, -0.1) is 0 Å². The van der Waals surface area contributed by atoms with Crippen LogP contribution in [0.5, 0.6) is 0 Å². The molecule has 0 radical (unpaired) electrons. The highest BCUT2D eigenvalue weighted by Crippen LogP contribution is 2.11. The summed E-state index contributed by atoms with van der Waals surface area (Å²) in [6, 6.07) is 8.35. The number of rotatable bonds is 6. The molecule has 7 heteroatoms. The molecule has 0 aliphatic carbocycles. The van der Waals surface area contributed by atoms with E-state index >= 15 is 0 Å². The summed E-state index contributed by atoms with van der Waals surface area (Å²) in [6.45, 7) is 0.277. The van der Waals surface area contributed by atoms with Crippen LogP contribution in [-0.4, -0.2) is 22.3 Å². The van der Waals surface area contributed by atoms with Crippen LogP contribution in [0, 0.1) is 0 Å². The molecule has 1 heterocycles. The number of carbonyl (C=O) groups excluding carboxylic acids is 1. The highest BCUT2D eigenvalue weighted by atomic mass is 16.5. The minimum absolute atomic E-state index is 0.0883. The number of aryl methyl sites for hydroxylation is 1. The average molecular weight is 289 g/mol. The van der Waals surface area contributed by atoms with E-state index in [9.17, 15) is 9.59 Å². The molecule has 1 aromatic heterocycles. The van der Waals surface area contributed by atoms with Gasteiger partial charge in [-0.1, -0.05) is 17.3 Å². The lowest BCUT2D eigenvalue weighted by molar-refractivity contribution is -0.136. The lowest BCUT2D eigenvalue weighted by Gasteiger charge is -2.07. The number of urea groups is 1. The molecule has 110 valence electrons. The molecule has 0 aliphatic heterocycles. The Kier molecular flexibility index (Phi) is 4.92. The van der Waals surface area contributed by atoms with Gasteiger partial charge >= 0.3 is 12.0 Å². The Hall–Kier alpha value is -2.83. The maximum absolute atomic E-state index is 11.6. The standard InChI is InChI=1S/C14H15N3O4/c18-13(19)6-3-10-1-4-11(5-2-10)16-14(20)15-9-12-7-8-21-17-12/h1-2,4-5,7-8H,3,6,9H2,(H,18,19)(H2,15,16,20). The Labute approximate surface area is 120 Å². The zero-order chi connectivity index (χ0) is 15.1. The maximum atomic E-state index is 11.6. The van der Waals surface area contributed by atoms with E-state index in [0.717, 1.165) is 5.56 Å². The third-order valence-corrected chi connectivity index (χ3v) is 2.76. The van der Waals surface area contributed by atoms with E-state index in [1.165, 1.54) is 6.26 Å². The molecule has 0 bridgehead atoms. The number of carboxylic acid groups (broad SMARTS) is 1. The second kappa shape index (κ2) is 7.09. The SMILES string of the molecule is O=C(O)CCc1ccc(NC(=O)NCc2ccon2)cc1. The van der Waals surface area contributed by atoms with Gasteiger partial charge in [0, 0.05) is 18.2 Å². The number of hydrogen-bond acceptors (Lipinski definition) is 4. The number of carboxylic acids is 1. The Bertz CT molecular complexity index is 593. The number of benzene rings is 1. The van der Waals surface area contributed by atoms with Crippen molar-refractivity contribution in [1.82, 2.24) is 10.5 Å². The Balaban J connectivity index is 1.79. The van der Waals surface area contributed by atoms with Crippen molar-refractivity contribution in [2.45, 2.75) is 19.4 Å². The summed E-state index contributed by atoms with van der Waals surface area (Å²) < 4.78 is 4.65. The summed E-state index contributed by atoms with van der Waals surface area (Å²) in [5.41, 5.74) is 2.17. The van der Waals surface area contributed by atoms with Crippen LogP contribution >= 0.6 is 0 Å². The quantitative estimate of drug-likeness (QED) is 0.754. The van der Waals surface area contributed by atoms with Gasteiger partial charge in [0.2, 0.25) is 0 Å². The van der Waals surface area contributed by atoms with Gasteiger partial charge in [-0.3, -0.25) is 4.79 Å². The van der Waals surface area contributed by atoms with Crippen molar-refractivity contribution in [2.24, 2.45) is 0 Å². The van der Waals surface area contributed by atoms with Crippen LogP contribution < -0.4 is 10.6 Å². The molecule has 0 spiro atoms. The first-order valence-electron chi connectivity index (χ1n) is 6.38. The van der Waals surface area contributed by atoms with Gasteiger partial charge in [0.25, 0.3) is 0 Å².